The molecule has 0 spiro atoms. The number of hydrogen-bond acceptors (Lipinski definition) is 5. The molecule has 2 unspecified atom stereocenters. The molecular formula is C21H28O5. The molecule has 0 saturated heterocycles. The van der Waals surface area contributed by atoms with Crippen LogP contribution in [0.25, 0.3) is 0 Å². The van der Waals surface area contributed by atoms with E-state index in [0.717, 1.165) is 24.8 Å². The SMILES string of the molecule is C[C@]12C=CC(=O)C=C1CC[C@@H]1C2[C@@H](O)C[C@@]2(C)C1CC[C@]2(O)C(=O)CO. The van der Waals surface area contributed by atoms with Crippen molar-refractivity contribution >= 4 is 11.6 Å². The standard InChI is InChI=1S/C21H28O5/c1-19-7-5-13(23)9-12(19)3-4-14-15-6-8-21(26,17(25)11-22)20(15,2)10-16(24)18(14)19/h5,7,9,14-16,18,22,24,26H,3-4,6,8,10-11H2,1-2H3/t14-,15?,16-,18?,19-,20-,21-/m0/s1. The largest absolute Gasteiger partial charge is 0.393 e. The first-order valence-electron chi connectivity index (χ1n) is 9.66. The summed E-state index contributed by atoms with van der Waals surface area (Å²) in [7, 11) is 0. The Labute approximate surface area is 153 Å². The summed E-state index contributed by atoms with van der Waals surface area (Å²) in [6.07, 6.45) is 7.68. The van der Waals surface area contributed by atoms with Gasteiger partial charge >= 0.3 is 0 Å². The first-order valence-corrected chi connectivity index (χ1v) is 9.66. The van der Waals surface area contributed by atoms with E-state index in [1.165, 1.54) is 0 Å². The van der Waals surface area contributed by atoms with Crippen LogP contribution < -0.4 is 0 Å². The highest BCUT2D eigenvalue weighted by molar-refractivity contribution is 6.01. The second-order valence-electron chi connectivity index (χ2n) is 9.19. The number of aliphatic hydroxyl groups excluding tert-OH is 2. The molecule has 0 aromatic carbocycles. The number of fused-ring (bicyclic) bond motifs is 5. The van der Waals surface area contributed by atoms with Crippen LogP contribution in [0.1, 0.15) is 46.0 Å². The fourth-order valence-corrected chi connectivity index (χ4v) is 6.92. The third kappa shape index (κ3) is 2.08. The summed E-state index contributed by atoms with van der Waals surface area (Å²) >= 11 is 0. The van der Waals surface area contributed by atoms with Gasteiger partial charge in [0.2, 0.25) is 0 Å². The van der Waals surface area contributed by atoms with E-state index in [4.69, 9.17) is 0 Å². The minimum atomic E-state index is -1.56. The molecule has 5 heteroatoms. The van der Waals surface area contributed by atoms with Gasteiger partial charge in [-0.05, 0) is 56.1 Å². The van der Waals surface area contributed by atoms with Crippen LogP contribution in [0, 0.1) is 28.6 Å². The Morgan fingerprint density at radius 1 is 1.31 bits per heavy atom. The van der Waals surface area contributed by atoms with Gasteiger partial charge in [-0.2, -0.15) is 0 Å². The lowest BCUT2D eigenvalue weighted by atomic mass is 9.46. The number of rotatable bonds is 2. The minimum absolute atomic E-state index is 0.00912. The van der Waals surface area contributed by atoms with Crippen LogP contribution >= 0.6 is 0 Å². The van der Waals surface area contributed by atoms with Crippen molar-refractivity contribution in [1.29, 1.82) is 0 Å². The van der Waals surface area contributed by atoms with Crippen molar-refractivity contribution in [2.45, 2.75) is 57.7 Å². The maximum Gasteiger partial charge on any atom is 0.190 e. The third-order valence-electron chi connectivity index (χ3n) is 8.25. The molecule has 26 heavy (non-hydrogen) atoms. The summed E-state index contributed by atoms with van der Waals surface area (Å²) in [5, 5.41) is 31.7. The van der Waals surface area contributed by atoms with Crippen LogP contribution in [0.5, 0.6) is 0 Å². The van der Waals surface area contributed by atoms with Crippen molar-refractivity contribution in [3.8, 4) is 0 Å². The molecule has 0 amide bonds. The molecule has 142 valence electrons. The number of carbonyl (C=O) groups is 2. The number of hydrogen-bond donors (Lipinski definition) is 3. The Bertz CT molecular complexity index is 724. The van der Waals surface area contributed by atoms with Crippen molar-refractivity contribution in [1.82, 2.24) is 0 Å². The van der Waals surface area contributed by atoms with E-state index in [2.05, 4.69) is 6.92 Å². The normalized spacial score (nSPS) is 49.9. The molecule has 4 aliphatic rings. The van der Waals surface area contributed by atoms with E-state index in [1.807, 2.05) is 13.0 Å². The second kappa shape index (κ2) is 5.60. The topological polar surface area (TPSA) is 94.8 Å². The lowest BCUT2D eigenvalue weighted by Crippen LogP contribution is -2.61. The smallest absolute Gasteiger partial charge is 0.190 e. The van der Waals surface area contributed by atoms with Gasteiger partial charge in [-0.15, -0.1) is 0 Å². The van der Waals surface area contributed by atoms with Gasteiger partial charge in [0.15, 0.2) is 11.6 Å². The zero-order valence-electron chi connectivity index (χ0n) is 15.4. The van der Waals surface area contributed by atoms with Gasteiger partial charge in [0.25, 0.3) is 0 Å². The maximum absolute atomic E-state index is 12.4. The van der Waals surface area contributed by atoms with Crippen LogP contribution in [-0.2, 0) is 9.59 Å². The molecule has 4 aliphatic carbocycles. The maximum atomic E-state index is 12.4. The summed E-state index contributed by atoms with van der Waals surface area (Å²) in [6.45, 7) is 3.34. The van der Waals surface area contributed by atoms with Crippen molar-refractivity contribution in [2.24, 2.45) is 28.6 Å². The van der Waals surface area contributed by atoms with Gasteiger partial charge in [0.05, 0.1) is 6.10 Å². The Morgan fingerprint density at radius 2 is 2.04 bits per heavy atom. The summed E-state index contributed by atoms with van der Waals surface area (Å²) in [6, 6.07) is 0. The minimum Gasteiger partial charge on any atom is -0.393 e. The molecule has 7 atom stereocenters. The monoisotopic (exact) mass is 360 g/mol. The third-order valence-corrected chi connectivity index (χ3v) is 8.25. The average Bonchev–Trinajstić information content (AvgIpc) is 2.86. The summed E-state index contributed by atoms with van der Waals surface area (Å²) in [5.41, 5.74) is -1.54. The van der Waals surface area contributed by atoms with E-state index in [9.17, 15) is 24.9 Å². The Balaban J connectivity index is 1.75. The van der Waals surface area contributed by atoms with Crippen molar-refractivity contribution < 1.29 is 24.9 Å². The van der Waals surface area contributed by atoms with Gasteiger partial charge in [-0.25, -0.2) is 0 Å². The van der Waals surface area contributed by atoms with Crippen LogP contribution in [-0.4, -0.2) is 45.2 Å². The van der Waals surface area contributed by atoms with E-state index in [0.29, 0.717) is 12.8 Å². The van der Waals surface area contributed by atoms with Gasteiger partial charge in [0, 0.05) is 16.7 Å². The first kappa shape index (κ1) is 18.1. The van der Waals surface area contributed by atoms with Gasteiger partial charge in [0.1, 0.15) is 12.2 Å². The molecular weight excluding hydrogens is 332 g/mol. The molecule has 5 nitrogen and oxygen atoms in total. The molecule has 0 aromatic heterocycles. The van der Waals surface area contributed by atoms with Gasteiger partial charge in [-0.3, -0.25) is 9.59 Å². The van der Waals surface area contributed by atoms with Crippen molar-refractivity contribution in [2.75, 3.05) is 6.61 Å². The average molecular weight is 360 g/mol. The summed E-state index contributed by atoms with van der Waals surface area (Å²) in [4.78, 5) is 24.2. The predicted octanol–water partition coefficient (Wildman–Crippen LogP) is 1.56. The molecule has 0 heterocycles. The van der Waals surface area contributed by atoms with E-state index in [-0.39, 0.29) is 29.0 Å². The Hall–Kier alpha value is -1.30. The molecule has 0 radical (unpaired) electrons. The molecule has 0 aliphatic heterocycles. The fraction of sp³-hybridized carbons (Fsp3) is 0.714. The first-order chi connectivity index (χ1) is 12.2. The number of aliphatic hydroxyl groups is 3. The van der Waals surface area contributed by atoms with Gasteiger partial charge < -0.3 is 15.3 Å². The Morgan fingerprint density at radius 3 is 2.73 bits per heavy atom. The molecule has 3 saturated carbocycles. The molecule has 3 fully saturated rings. The lowest BCUT2D eigenvalue weighted by Gasteiger charge is -2.59. The zero-order chi connectivity index (χ0) is 18.9. The molecule has 0 bridgehead atoms. The quantitative estimate of drug-likeness (QED) is 0.695. The molecule has 0 aromatic rings. The van der Waals surface area contributed by atoms with E-state index in [1.54, 1.807) is 12.2 Å². The fourth-order valence-electron chi connectivity index (χ4n) is 6.92. The summed E-state index contributed by atoms with van der Waals surface area (Å²) < 4.78 is 0. The van der Waals surface area contributed by atoms with Crippen molar-refractivity contribution in [3.05, 3.63) is 23.8 Å². The lowest BCUT2D eigenvalue weighted by molar-refractivity contribution is -0.178. The molecule has 4 rings (SSSR count). The van der Waals surface area contributed by atoms with Crippen LogP contribution in [0.15, 0.2) is 23.8 Å². The number of carbonyl (C=O) groups excluding carboxylic acids is 2. The van der Waals surface area contributed by atoms with Crippen LogP contribution in [0.3, 0.4) is 0 Å². The van der Waals surface area contributed by atoms with Crippen LogP contribution in [0.2, 0.25) is 0 Å². The predicted molar refractivity (Wildman–Crippen MR) is 95.0 cm³/mol. The highest BCUT2D eigenvalue weighted by Gasteiger charge is 2.67. The summed E-state index contributed by atoms with van der Waals surface area (Å²) in [5.74, 6) is -0.227. The van der Waals surface area contributed by atoms with Crippen molar-refractivity contribution in [3.63, 3.8) is 0 Å². The number of allylic oxidation sites excluding steroid dienone is 4. The van der Waals surface area contributed by atoms with Crippen LogP contribution in [0.4, 0.5) is 0 Å². The molecule has 3 N–H and O–H groups in total. The Kier molecular flexibility index (Phi) is 3.89. The highest BCUT2D eigenvalue weighted by Crippen LogP contribution is 2.67. The van der Waals surface area contributed by atoms with E-state index < -0.39 is 29.5 Å². The van der Waals surface area contributed by atoms with E-state index >= 15 is 0 Å². The number of Topliss-reactive ketones (excluding diaryl/α,β-unsaturated/α-hetero) is 1. The highest BCUT2D eigenvalue weighted by atomic mass is 16.3. The van der Waals surface area contributed by atoms with Gasteiger partial charge in [-0.1, -0.05) is 25.5 Å². The second-order valence-corrected chi connectivity index (χ2v) is 9.19. The number of ketones is 2. The zero-order valence-corrected chi connectivity index (χ0v) is 15.4.